The van der Waals surface area contributed by atoms with Gasteiger partial charge in [-0.1, -0.05) is 30.7 Å². The highest BCUT2D eigenvalue weighted by Gasteiger charge is 2.24. The number of benzene rings is 2. The third-order valence-electron chi connectivity index (χ3n) is 6.93. The lowest BCUT2D eigenvalue weighted by Crippen LogP contribution is -2.46. The van der Waals surface area contributed by atoms with Crippen molar-refractivity contribution in [3.63, 3.8) is 0 Å². The highest BCUT2D eigenvalue weighted by molar-refractivity contribution is 6.31. The Balaban J connectivity index is 1.59. The lowest BCUT2D eigenvalue weighted by atomic mass is 10.2. The Morgan fingerprint density at radius 1 is 1.11 bits per heavy atom. The molecule has 4 rings (SSSR count). The van der Waals surface area contributed by atoms with E-state index in [1.54, 1.807) is 36.4 Å². The molecule has 0 unspecified atom stereocenters. The lowest BCUT2D eigenvalue weighted by Gasteiger charge is -2.23. The zero-order chi connectivity index (χ0) is 27.4. The van der Waals surface area contributed by atoms with Crippen molar-refractivity contribution in [3.05, 3.63) is 67.8 Å². The summed E-state index contributed by atoms with van der Waals surface area (Å²) in [5.41, 5.74) is 0.104. The van der Waals surface area contributed by atoms with Crippen molar-refractivity contribution in [3.8, 4) is 5.75 Å². The number of aromatic nitrogens is 2. The number of rotatable bonds is 9. The molecule has 0 saturated carbocycles. The van der Waals surface area contributed by atoms with Gasteiger partial charge in [0.15, 0.2) is 0 Å². The summed E-state index contributed by atoms with van der Waals surface area (Å²) in [7, 11) is 1.48. The van der Waals surface area contributed by atoms with Gasteiger partial charge in [0, 0.05) is 17.6 Å². The van der Waals surface area contributed by atoms with E-state index in [1.807, 2.05) is 6.92 Å². The molecular formula is C27H32ClN5O5. The minimum Gasteiger partial charge on any atom is -0.495 e. The lowest BCUT2D eigenvalue weighted by molar-refractivity contribution is -0.122. The Morgan fingerprint density at radius 2 is 1.84 bits per heavy atom. The predicted molar refractivity (Wildman–Crippen MR) is 147 cm³/mol. The van der Waals surface area contributed by atoms with E-state index >= 15 is 0 Å². The molecule has 2 amide bonds. The van der Waals surface area contributed by atoms with Crippen molar-refractivity contribution in [2.45, 2.75) is 45.8 Å². The number of fused-ring (bicyclic) bond motifs is 1. The second-order valence-electron chi connectivity index (χ2n) is 9.36. The number of amides is 2. The minimum absolute atomic E-state index is 0.233. The van der Waals surface area contributed by atoms with E-state index in [2.05, 4.69) is 22.5 Å². The number of likely N-dealkylation sites (tertiary alicyclic amines) is 1. The van der Waals surface area contributed by atoms with E-state index in [9.17, 15) is 19.2 Å². The van der Waals surface area contributed by atoms with Gasteiger partial charge in [-0.05, 0) is 62.7 Å². The molecule has 2 heterocycles. The summed E-state index contributed by atoms with van der Waals surface area (Å²) in [6.07, 6.45) is 2.06. The maximum Gasteiger partial charge on any atom is 0.332 e. The number of nitrogens with one attached hydrogen (secondary N) is 2. The van der Waals surface area contributed by atoms with Crippen molar-refractivity contribution in [1.82, 2.24) is 19.4 Å². The Kier molecular flexibility index (Phi) is 8.53. The van der Waals surface area contributed by atoms with Crippen LogP contribution in [0.25, 0.3) is 10.9 Å². The van der Waals surface area contributed by atoms with Gasteiger partial charge in [-0.3, -0.25) is 28.4 Å². The second kappa shape index (κ2) is 11.8. The molecule has 1 atom stereocenters. The fraction of sp³-hybridized carbons (Fsp3) is 0.407. The van der Waals surface area contributed by atoms with Crippen LogP contribution < -0.4 is 26.6 Å². The number of carbonyl (C=O) groups is 2. The van der Waals surface area contributed by atoms with Crippen LogP contribution in [-0.2, 0) is 22.7 Å². The van der Waals surface area contributed by atoms with Crippen LogP contribution in [0.2, 0.25) is 5.02 Å². The van der Waals surface area contributed by atoms with Crippen molar-refractivity contribution < 1.29 is 14.3 Å². The van der Waals surface area contributed by atoms with Crippen LogP contribution in [0.1, 0.15) is 25.3 Å². The van der Waals surface area contributed by atoms with E-state index in [-0.39, 0.29) is 18.0 Å². The number of halogens is 1. The molecular weight excluding hydrogens is 510 g/mol. The first-order chi connectivity index (χ1) is 18.2. The van der Waals surface area contributed by atoms with Gasteiger partial charge in [0.05, 0.1) is 23.7 Å². The van der Waals surface area contributed by atoms with Crippen molar-refractivity contribution in [2.24, 2.45) is 0 Å². The Hall–Kier alpha value is -3.63. The van der Waals surface area contributed by atoms with Gasteiger partial charge in [0.25, 0.3) is 5.56 Å². The number of para-hydroxylation sites is 1. The predicted octanol–water partition coefficient (Wildman–Crippen LogP) is 2.37. The van der Waals surface area contributed by atoms with Crippen LogP contribution in [0.3, 0.4) is 0 Å². The van der Waals surface area contributed by atoms with Crippen LogP contribution in [0.5, 0.6) is 5.75 Å². The number of ether oxygens (including phenoxy) is 1. The molecule has 0 spiro atoms. The van der Waals surface area contributed by atoms with Gasteiger partial charge in [-0.2, -0.15) is 0 Å². The minimum atomic E-state index is -0.746. The molecule has 1 aliphatic rings. The summed E-state index contributed by atoms with van der Waals surface area (Å²) in [6, 6.07) is 10.0. The summed E-state index contributed by atoms with van der Waals surface area (Å²) in [5, 5.41) is 6.27. The van der Waals surface area contributed by atoms with Crippen molar-refractivity contribution in [1.29, 1.82) is 0 Å². The number of nitrogens with zero attached hydrogens (tertiary/aromatic N) is 3. The molecule has 11 heteroatoms. The molecule has 2 aromatic carbocycles. The average Bonchev–Trinajstić information content (AvgIpc) is 3.37. The van der Waals surface area contributed by atoms with Crippen LogP contribution >= 0.6 is 11.6 Å². The molecule has 1 fully saturated rings. The highest BCUT2D eigenvalue weighted by Crippen LogP contribution is 2.30. The summed E-state index contributed by atoms with van der Waals surface area (Å²) in [4.78, 5) is 54.7. The molecule has 38 heavy (non-hydrogen) atoms. The van der Waals surface area contributed by atoms with Gasteiger partial charge < -0.3 is 15.4 Å². The topological polar surface area (TPSA) is 115 Å². The molecule has 10 nitrogen and oxygen atoms in total. The Bertz CT molecular complexity index is 1480. The largest absolute Gasteiger partial charge is 0.495 e. The Morgan fingerprint density at radius 3 is 2.58 bits per heavy atom. The third kappa shape index (κ3) is 5.76. The maximum absolute atomic E-state index is 13.4. The number of carbonyl (C=O) groups excluding carboxylic acids is 2. The monoisotopic (exact) mass is 541 g/mol. The number of aryl methyl sites for hydroxylation is 1. The normalized spacial score (nSPS) is 15.5. The average molecular weight is 542 g/mol. The van der Waals surface area contributed by atoms with Crippen molar-refractivity contribution in [2.75, 3.05) is 32.1 Å². The molecule has 0 aliphatic carbocycles. The number of methoxy groups -OCH3 is 1. The van der Waals surface area contributed by atoms with Gasteiger partial charge >= 0.3 is 5.69 Å². The quantitative estimate of drug-likeness (QED) is 0.430. The first kappa shape index (κ1) is 27.4. The Labute approximate surface area is 225 Å². The van der Waals surface area contributed by atoms with Crippen LogP contribution in [0, 0.1) is 6.92 Å². The summed E-state index contributed by atoms with van der Waals surface area (Å²) in [6.45, 7) is 5.42. The fourth-order valence-electron chi connectivity index (χ4n) is 4.89. The highest BCUT2D eigenvalue weighted by atomic mass is 35.5. The SMILES string of the molecule is CCN1CCC[C@@H]1CNC(=O)Cn1c(=O)c2ccccc2n(CC(=O)Nc2cc(Cl)c(C)cc2OC)c1=O. The first-order valence-corrected chi connectivity index (χ1v) is 13.0. The van der Waals surface area contributed by atoms with Gasteiger partial charge in [-0.25, -0.2) is 4.79 Å². The van der Waals surface area contributed by atoms with E-state index in [1.165, 1.54) is 11.7 Å². The molecule has 1 aromatic heterocycles. The zero-order valence-corrected chi connectivity index (χ0v) is 22.5. The molecule has 3 aromatic rings. The molecule has 1 saturated heterocycles. The summed E-state index contributed by atoms with van der Waals surface area (Å²) >= 11 is 6.22. The molecule has 1 aliphatic heterocycles. The van der Waals surface area contributed by atoms with Gasteiger partial charge in [0.1, 0.15) is 18.8 Å². The zero-order valence-electron chi connectivity index (χ0n) is 21.8. The van der Waals surface area contributed by atoms with Gasteiger partial charge in [-0.15, -0.1) is 0 Å². The molecule has 0 radical (unpaired) electrons. The number of hydrogen-bond acceptors (Lipinski definition) is 6. The standard InChI is InChI=1S/C27H32ClN5O5/c1-4-31-11-7-8-18(31)14-29-24(34)15-33-26(36)19-9-5-6-10-22(19)32(27(33)37)16-25(35)30-21-13-20(28)17(2)12-23(21)38-3/h5-6,9-10,12-13,18H,4,7-8,11,14-16H2,1-3H3,(H,29,34)(H,30,35)/t18-/m1/s1. The number of hydrogen-bond donors (Lipinski definition) is 2. The van der Waals surface area contributed by atoms with E-state index < -0.39 is 29.6 Å². The summed E-state index contributed by atoms with van der Waals surface area (Å²) < 4.78 is 7.41. The van der Waals surface area contributed by atoms with Crippen LogP contribution in [0.4, 0.5) is 5.69 Å². The van der Waals surface area contributed by atoms with Crippen molar-refractivity contribution >= 4 is 40.0 Å². The van der Waals surface area contributed by atoms with Crippen LogP contribution in [0.15, 0.2) is 46.0 Å². The smallest absolute Gasteiger partial charge is 0.332 e. The molecule has 0 bridgehead atoms. The maximum atomic E-state index is 13.4. The summed E-state index contributed by atoms with van der Waals surface area (Å²) in [5.74, 6) is -0.536. The van der Waals surface area contributed by atoms with Crippen LogP contribution in [-0.4, -0.2) is 58.6 Å². The second-order valence-corrected chi connectivity index (χ2v) is 9.76. The number of likely N-dealkylation sites (N-methyl/N-ethyl adjacent to an activating group) is 1. The first-order valence-electron chi connectivity index (χ1n) is 12.6. The molecule has 2 N–H and O–H groups in total. The van der Waals surface area contributed by atoms with Gasteiger partial charge in [0.2, 0.25) is 11.8 Å². The third-order valence-corrected chi connectivity index (χ3v) is 7.34. The van der Waals surface area contributed by atoms with E-state index in [4.69, 9.17) is 16.3 Å². The fourth-order valence-corrected chi connectivity index (χ4v) is 5.06. The number of anilines is 1. The van der Waals surface area contributed by atoms with E-state index in [0.29, 0.717) is 28.5 Å². The molecule has 202 valence electrons. The van der Waals surface area contributed by atoms with E-state index in [0.717, 1.165) is 36.1 Å².